The summed E-state index contributed by atoms with van der Waals surface area (Å²) in [7, 11) is 1.94. The minimum absolute atomic E-state index is 0.0133. The number of rotatable bonds is 6. The zero-order valence-electron chi connectivity index (χ0n) is 19.1. The third kappa shape index (κ3) is 4.84. The molecule has 33 heavy (non-hydrogen) atoms. The SMILES string of the molecule is Cn1cc(-c2ccnc(N3CCCC3)n2)c([C@@H]2CCCN(C(=O)COc3ccccc3)C2)n1. The number of amides is 1. The average molecular weight is 447 g/mol. The second-order valence-electron chi connectivity index (χ2n) is 8.82. The van der Waals surface area contributed by atoms with Gasteiger partial charge in [0.05, 0.1) is 11.4 Å². The minimum atomic E-state index is 0.0133. The van der Waals surface area contributed by atoms with Crippen LogP contribution in [0.5, 0.6) is 5.75 Å². The Bertz CT molecular complexity index is 1090. The first kappa shape index (κ1) is 21.4. The van der Waals surface area contributed by atoms with Gasteiger partial charge in [-0.1, -0.05) is 18.2 Å². The Morgan fingerprint density at radius 2 is 1.91 bits per heavy atom. The fourth-order valence-electron chi connectivity index (χ4n) is 4.75. The normalized spacial score (nSPS) is 18.5. The predicted molar refractivity (Wildman–Crippen MR) is 126 cm³/mol. The number of carbonyl (C=O) groups is 1. The highest BCUT2D eigenvalue weighted by atomic mass is 16.5. The summed E-state index contributed by atoms with van der Waals surface area (Å²) in [4.78, 5) is 26.4. The first-order chi connectivity index (χ1) is 16.2. The van der Waals surface area contributed by atoms with Crippen molar-refractivity contribution in [2.24, 2.45) is 7.05 Å². The number of para-hydroxylation sites is 1. The number of benzene rings is 1. The van der Waals surface area contributed by atoms with Crippen LogP contribution >= 0.6 is 0 Å². The Morgan fingerprint density at radius 3 is 2.73 bits per heavy atom. The number of hydrogen-bond donors (Lipinski definition) is 0. The third-order valence-corrected chi connectivity index (χ3v) is 6.43. The molecule has 2 aromatic heterocycles. The first-order valence-electron chi connectivity index (χ1n) is 11.7. The second-order valence-corrected chi connectivity index (χ2v) is 8.82. The van der Waals surface area contributed by atoms with Crippen LogP contribution in [0.2, 0.25) is 0 Å². The van der Waals surface area contributed by atoms with Crippen LogP contribution in [-0.4, -0.2) is 63.3 Å². The highest BCUT2D eigenvalue weighted by Crippen LogP contribution is 2.33. The van der Waals surface area contributed by atoms with Crippen molar-refractivity contribution < 1.29 is 9.53 Å². The third-order valence-electron chi connectivity index (χ3n) is 6.43. The maximum Gasteiger partial charge on any atom is 0.260 e. The molecule has 0 unspecified atom stereocenters. The molecule has 1 atom stereocenters. The summed E-state index contributed by atoms with van der Waals surface area (Å²) in [5.74, 6) is 1.68. The Kier molecular flexibility index (Phi) is 6.24. The van der Waals surface area contributed by atoms with Crippen molar-refractivity contribution in [3.63, 3.8) is 0 Å². The molecule has 2 aliphatic rings. The summed E-state index contributed by atoms with van der Waals surface area (Å²) in [6, 6.07) is 11.4. The van der Waals surface area contributed by atoms with Crippen molar-refractivity contribution in [2.75, 3.05) is 37.7 Å². The zero-order valence-corrected chi connectivity index (χ0v) is 19.1. The van der Waals surface area contributed by atoms with Gasteiger partial charge in [0.15, 0.2) is 6.61 Å². The molecule has 2 aliphatic heterocycles. The Hall–Kier alpha value is -3.42. The van der Waals surface area contributed by atoms with Crippen molar-refractivity contribution in [1.29, 1.82) is 0 Å². The molecular weight excluding hydrogens is 416 g/mol. The quantitative estimate of drug-likeness (QED) is 0.579. The standard InChI is InChI=1S/C25H30N6O2/c1-29-17-21(22-11-12-26-25(27-22)30-13-5-6-14-30)24(28-29)19-8-7-15-31(16-19)23(32)18-33-20-9-3-2-4-10-20/h2-4,9-12,17,19H,5-8,13-16,18H2,1H3/t19-/m1/s1. The van der Waals surface area contributed by atoms with Crippen LogP contribution in [0, 0.1) is 0 Å². The van der Waals surface area contributed by atoms with E-state index in [-0.39, 0.29) is 18.4 Å². The van der Waals surface area contributed by atoms with Gasteiger partial charge in [0, 0.05) is 57.1 Å². The van der Waals surface area contributed by atoms with Gasteiger partial charge >= 0.3 is 0 Å². The van der Waals surface area contributed by atoms with E-state index in [1.807, 2.05) is 65.4 Å². The number of piperidine rings is 1. The molecular formula is C25H30N6O2. The fraction of sp³-hybridized carbons (Fsp3) is 0.440. The van der Waals surface area contributed by atoms with Crippen molar-refractivity contribution in [1.82, 2.24) is 24.6 Å². The van der Waals surface area contributed by atoms with E-state index in [0.717, 1.165) is 55.4 Å². The largest absolute Gasteiger partial charge is 0.484 e. The van der Waals surface area contributed by atoms with Gasteiger partial charge in [-0.25, -0.2) is 9.97 Å². The highest BCUT2D eigenvalue weighted by Gasteiger charge is 2.29. The van der Waals surface area contributed by atoms with Crippen LogP contribution in [0.25, 0.3) is 11.3 Å². The van der Waals surface area contributed by atoms with E-state index in [2.05, 4.69) is 9.88 Å². The average Bonchev–Trinajstić information content (AvgIpc) is 3.54. The minimum Gasteiger partial charge on any atom is -0.484 e. The van der Waals surface area contributed by atoms with Crippen molar-refractivity contribution in [3.8, 4) is 17.0 Å². The maximum absolute atomic E-state index is 12.8. The molecule has 8 heteroatoms. The smallest absolute Gasteiger partial charge is 0.260 e. The molecule has 0 spiro atoms. The molecule has 0 bridgehead atoms. The molecule has 0 N–H and O–H groups in total. The lowest BCUT2D eigenvalue weighted by Gasteiger charge is -2.32. The molecule has 1 aromatic carbocycles. The number of carbonyl (C=O) groups excluding carboxylic acids is 1. The van der Waals surface area contributed by atoms with Gasteiger partial charge in [0.2, 0.25) is 5.95 Å². The highest BCUT2D eigenvalue weighted by molar-refractivity contribution is 5.78. The number of likely N-dealkylation sites (tertiary alicyclic amines) is 1. The van der Waals surface area contributed by atoms with Crippen LogP contribution in [0.1, 0.15) is 37.3 Å². The van der Waals surface area contributed by atoms with Crippen molar-refractivity contribution >= 4 is 11.9 Å². The Labute approximate surface area is 194 Å². The van der Waals surface area contributed by atoms with Gasteiger partial charge in [-0.05, 0) is 43.9 Å². The molecule has 0 aliphatic carbocycles. The van der Waals surface area contributed by atoms with Crippen molar-refractivity contribution in [3.05, 3.63) is 54.5 Å². The van der Waals surface area contributed by atoms with Crippen LogP contribution in [0.3, 0.4) is 0 Å². The molecule has 0 radical (unpaired) electrons. The van der Waals surface area contributed by atoms with Crippen LogP contribution in [0.15, 0.2) is 48.8 Å². The lowest BCUT2D eigenvalue weighted by molar-refractivity contribution is -0.134. The summed E-state index contributed by atoms with van der Waals surface area (Å²) in [5.41, 5.74) is 2.93. The van der Waals surface area contributed by atoms with E-state index >= 15 is 0 Å². The zero-order chi connectivity index (χ0) is 22.6. The second kappa shape index (κ2) is 9.60. The molecule has 0 saturated carbocycles. The summed E-state index contributed by atoms with van der Waals surface area (Å²) < 4.78 is 7.54. The van der Waals surface area contributed by atoms with Gasteiger partial charge in [0.1, 0.15) is 5.75 Å². The van der Waals surface area contributed by atoms with E-state index in [4.69, 9.17) is 14.8 Å². The van der Waals surface area contributed by atoms with Gasteiger partial charge in [-0.2, -0.15) is 5.10 Å². The number of hydrogen-bond acceptors (Lipinski definition) is 6. The predicted octanol–water partition coefficient (Wildman–Crippen LogP) is 3.26. The van der Waals surface area contributed by atoms with Gasteiger partial charge in [-0.3, -0.25) is 9.48 Å². The molecule has 1 amide bonds. The lowest BCUT2D eigenvalue weighted by Crippen LogP contribution is -2.41. The van der Waals surface area contributed by atoms with Crippen LogP contribution in [0.4, 0.5) is 5.95 Å². The van der Waals surface area contributed by atoms with E-state index in [0.29, 0.717) is 12.3 Å². The fourth-order valence-corrected chi connectivity index (χ4v) is 4.75. The molecule has 3 aromatic rings. The Balaban J connectivity index is 1.31. The monoisotopic (exact) mass is 446 g/mol. The van der Waals surface area contributed by atoms with Gasteiger partial charge in [0.25, 0.3) is 5.91 Å². The number of nitrogens with zero attached hydrogens (tertiary/aromatic N) is 6. The molecule has 2 fully saturated rings. The summed E-state index contributed by atoms with van der Waals surface area (Å²) in [6.45, 7) is 3.46. The van der Waals surface area contributed by atoms with Gasteiger partial charge in [-0.15, -0.1) is 0 Å². The van der Waals surface area contributed by atoms with E-state index in [9.17, 15) is 4.79 Å². The summed E-state index contributed by atoms with van der Waals surface area (Å²) in [6.07, 6.45) is 8.18. The molecule has 8 nitrogen and oxygen atoms in total. The topological polar surface area (TPSA) is 76.4 Å². The van der Waals surface area contributed by atoms with Crippen LogP contribution in [-0.2, 0) is 11.8 Å². The number of aromatic nitrogens is 4. The molecule has 5 rings (SSSR count). The van der Waals surface area contributed by atoms with Crippen LogP contribution < -0.4 is 9.64 Å². The van der Waals surface area contributed by atoms with E-state index in [1.54, 1.807) is 0 Å². The maximum atomic E-state index is 12.8. The van der Waals surface area contributed by atoms with Crippen molar-refractivity contribution in [2.45, 2.75) is 31.6 Å². The number of aryl methyl sites for hydroxylation is 1. The molecule has 2 saturated heterocycles. The lowest BCUT2D eigenvalue weighted by atomic mass is 9.91. The van der Waals surface area contributed by atoms with E-state index in [1.165, 1.54) is 12.8 Å². The summed E-state index contributed by atoms with van der Waals surface area (Å²) in [5, 5.41) is 4.80. The summed E-state index contributed by atoms with van der Waals surface area (Å²) >= 11 is 0. The number of ether oxygens (including phenoxy) is 1. The van der Waals surface area contributed by atoms with E-state index < -0.39 is 0 Å². The Morgan fingerprint density at radius 1 is 1.09 bits per heavy atom. The van der Waals surface area contributed by atoms with Gasteiger partial charge < -0.3 is 14.5 Å². The number of anilines is 1. The first-order valence-corrected chi connectivity index (χ1v) is 11.7. The molecule has 172 valence electrons. The molecule has 4 heterocycles.